The van der Waals surface area contributed by atoms with E-state index in [4.69, 9.17) is 0 Å². The molecule has 0 spiro atoms. The summed E-state index contributed by atoms with van der Waals surface area (Å²) in [6, 6.07) is 3.10. The summed E-state index contributed by atoms with van der Waals surface area (Å²) >= 11 is 0. The van der Waals surface area contributed by atoms with Gasteiger partial charge >= 0.3 is 0 Å². The molecule has 1 rings (SSSR count). The Bertz CT molecular complexity index is 451. The number of hydrogen-bond acceptors (Lipinski definition) is 2. The fourth-order valence-electron chi connectivity index (χ4n) is 1.06. The molecule has 1 heterocycles. The third-order valence-corrected chi connectivity index (χ3v) is 1.78. The Morgan fingerprint density at radius 3 is 3.07 bits per heavy atom. The Balaban J connectivity index is 2.57. The number of nitrogens with one attached hydrogen (secondary N) is 2. The van der Waals surface area contributed by atoms with Crippen molar-refractivity contribution in [2.24, 2.45) is 0 Å². The number of hydrogen-bond donors (Lipinski definition) is 2. The average Bonchev–Trinajstić information content (AvgIpc) is 2.25. The van der Waals surface area contributed by atoms with Gasteiger partial charge in [-0.05, 0) is 19.1 Å². The van der Waals surface area contributed by atoms with E-state index in [1.165, 1.54) is 12.3 Å². The van der Waals surface area contributed by atoms with Gasteiger partial charge in [0.2, 0.25) is 0 Å². The van der Waals surface area contributed by atoms with Gasteiger partial charge < -0.3 is 10.3 Å². The lowest BCUT2D eigenvalue weighted by Gasteiger charge is -2.00. The Morgan fingerprint density at radius 2 is 2.40 bits per heavy atom. The van der Waals surface area contributed by atoms with Gasteiger partial charge in [-0.15, -0.1) is 11.8 Å². The van der Waals surface area contributed by atoms with E-state index in [0.717, 1.165) is 0 Å². The second kappa shape index (κ2) is 5.66. The maximum Gasteiger partial charge on any atom is 0.260 e. The summed E-state index contributed by atoms with van der Waals surface area (Å²) in [5.41, 5.74) is -0.251. The Morgan fingerprint density at radius 1 is 1.60 bits per heavy atom. The molecule has 0 unspecified atom stereocenters. The van der Waals surface area contributed by atoms with Crippen molar-refractivity contribution in [2.45, 2.75) is 13.3 Å². The molecule has 15 heavy (non-hydrogen) atoms. The number of carbonyl (C=O) groups is 1. The lowest BCUT2D eigenvalue weighted by molar-refractivity contribution is 0.0953. The molecule has 0 aliphatic heterocycles. The van der Waals surface area contributed by atoms with Gasteiger partial charge in [0.25, 0.3) is 11.5 Å². The number of carbonyl (C=O) groups excluding carboxylic acids is 1. The molecule has 0 aliphatic rings. The molecule has 4 heteroatoms. The minimum Gasteiger partial charge on any atom is -0.351 e. The third-order valence-electron chi connectivity index (χ3n) is 1.78. The summed E-state index contributed by atoms with van der Waals surface area (Å²) in [5.74, 6) is 5.18. The Kier molecular flexibility index (Phi) is 4.17. The number of aromatic nitrogens is 1. The maximum absolute atomic E-state index is 11.4. The molecule has 0 saturated carbocycles. The van der Waals surface area contributed by atoms with E-state index in [-0.39, 0.29) is 17.0 Å². The topological polar surface area (TPSA) is 62.0 Å². The highest BCUT2D eigenvalue weighted by molar-refractivity contribution is 5.93. The van der Waals surface area contributed by atoms with Crippen molar-refractivity contribution in [2.75, 3.05) is 6.54 Å². The monoisotopic (exact) mass is 204 g/mol. The molecular formula is C11H12N2O2. The minimum atomic E-state index is -0.378. The van der Waals surface area contributed by atoms with Crippen LogP contribution in [0.15, 0.2) is 23.1 Å². The largest absolute Gasteiger partial charge is 0.351 e. The van der Waals surface area contributed by atoms with Crippen LogP contribution in [0.5, 0.6) is 0 Å². The molecule has 1 amide bonds. The molecule has 78 valence electrons. The summed E-state index contributed by atoms with van der Waals surface area (Å²) < 4.78 is 0. The fraction of sp³-hybridized carbons (Fsp3) is 0.273. The first-order valence-electron chi connectivity index (χ1n) is 4.61. The average molecular weight is 204 g/mol. The summed E-state index contributed by atoms with van der Waals surface area (Å²) in [6.45, 7) is 2.19. The second-order valence-corrected chi connectivity index (χ2v) is 2.85. The predicted molar refractivity (Wildman–Crippen MR) is 57.5 cm³/mol. The molecule has 0 radical (unpaired) electrons. The number of rotatable bonds is 3. The molecule has 0 aromatic carbocycles. The maximum atomic E-state index is 11.4. The number of aromatic amines is 1. The van der Waals surface area contributed by atoms with Crippen LogP contribution in [0.3, 0.4) is 0 Å². The molecule has 1 aromatic rings. The lowest BCUT2D eigenvalue weighted by Crippen LogP contribution is -2.29. The highest BCUT2D eigenvalue weighted by Crippen LogP contribution is 1.88. The van der Waals surface area contributed by atoms with E-state index in [0.29, 0.717) is 13.0 Å². The SMILES string of the molecule is CC#CCCNC(=O)c1ccc[nH]c1=O. The lowest BCUT2D eigenvalue weighted by atomic mass is 10.2. The molecule has 1 aromatic heterocycles. The van der Waals surface area contributed by atoms with Crippen LogP contribution < -0.4 is 10.9 Å². The molecule has 4 nitrogen and oxygen atoms in total. The normalized spacial score (nSPS) is 8.87. The number of amides is 1. The summed E-state index contributed by atoms with van der Waals surface area (Å²) in [6.07, 6.45) is 2.08. The standard InChI is InChI=1S/C11H12N2O2/c1-2-3-4-7-12-10(14)9-6-5-8-13-11(9)15/h5-6,8H,4,7H2,1H3,(H,12,14)(H,13,15). The molecule has 0 aliphatic carbocycles. The molecule has 0 saturated heterocycles. The highest BCUT2D eigenvalue weighted by Gasteiger charge is 2.07. The van der Waals surface area contributed by atoms with Gasteiger partial charge in [-0.2, -0.15) is 0 Å². The highest BCUT2D eigenvalue weighted by atomic mass is 16.2. The zero-order valence-corrected chi connectivity index (χ0v) is 8.46. The van der Waals surface area contributed by atoms with E-state index >= 15 is 0 Å². The zero-order chi connectivity index (χ0) is 11.1. The van der Waals surface area contributed by atoms with Gasteiger partial charge in [0.1, 0.15) is 5.56 Å². The Hall–Kier alpha value is -2.02. The second-order valence-electron chi connectivity index (χ2n) is 2.85. The third kappa shape index (κ3) is 3.31. The van der Waals surface area contributed by atoms with E-state index in [9.17, 15) is 9.59 Å². The predicted octanol–water partition coefficient (Wildman–Crippen LogP) is 0.518. The van der Waals surface area contributed by atoms with Gasteiger partial charge in [-0.3, -0.25) is 9.59 Å². The van der Waals surface area contributed by atoms with Crippen LogP contribution in [0.1, 0.15) is 23.7 Å². The van der Waals surface area contributed by atoms with Crippen molar-refractivity contribution >= 4 is 5.91 Å². The molecule has 0 bridgehead atoms. The van der Waals surface area contributed by atoms with Crippen molar-refractivity contribution in [1.82, 2.24) is 10.3 Å². The van der Waals surface area contributed by atoms with E-state index < -0.39 is 0 Å². The molecular weight excluding hydrogens is 192 g/mol. The first kappa shape index (κ1) is 11.1. The van der Waals surface area contributed by atoms with E-state index in [2.05, 4.69) is 22.1 Å². The van der Waals surface area contributed by atoms with Crippen LogP contribution in [0.2, 0.25) is 0 Å². The van der Waals surface area contributed by atoms with Gasteiger partial charge in [-0.25, -0.2) is 0 Å². The van der Waals surface area contributed by atoms with Gasteiger partial charge in [-0.1, -0.05) is 0 Å². The smallest absolute Gasteiger partial charge is 0.260 e. The first-order chi connectivity index (χ1) is 7.25. The quantitative estimate of drug-likeness (QED) is 0.557. The van der Waals surface area contributed by atoms with Crippen LogP contribution in [0.4, 0.5) is 0 Å². The van der Waals surface area contributed by atoms with E-state index in [1.807, 2.05) is 0 Å². The summed E-state index contributed by atoms with van der Waals surface area (Å²) in [7, 11) is 0. The van der Waals surface area contributed by atoms with Crippen LogP contribution in [-0.4, -0.2) is 17.4 Å². The zero-order valence-electron chi connectivity index (χ0n) is 8.46. The number of pyridine rings is 1. The summed E-state index contributed by atoms with van der Waals surface area (Å²) in [5, 5.41) is 2.61. The van der Waals surface area contributed by atoms with E-state index in [1.54, 1.807) is 13.0 Å². The molecule has 0 fully saturated rings. The Labute approximate surface area is 87.7 Å². The fourth-order valence-corrected chi connectivity index (χ4v) is 1.06. The van der Waals surface area contributed by atoms with Crippen LogP contribution >= 0.6 is 0 Å². The van der Waals surface area contributed by atoms with Crippen LogP contribution in [0, 0.1) is 11.8 Å². The van der Waals surface area contributed by atoms with Crippen LogP contribution in [0.25, 0.3) is 0 Å². The van der Waals surface area contributed by atoms with Crippen molar-refractivity contribution in [3.63, 3.8) is 0 Å². The summed E-state index contributed by atoms with van der Waals surface area (Å²) in [4.78, 5) is 25.1. The van der Waals surface area contributed by atoms with Crippen LogP contribution in [-0.2, 0) is 0 Å². The van der Waals surface area contributed by atoms with Gasteiger partial charge in [0, 0.05) is 19.2 Å². The van der Waals surface area contributed by atoms with Gasteiger partial charge in [0.15, 0.2) is 0 Å². The molecule has 2 N–H and O–H groups in total. The van der Waals surface area contributed by atoms with Crippen molar-refractivity contribution < 1.29 is 4.79 Å². The molecule has 0 atom stereocenters. The number of H-pyrrole nitrogens is 1. The van der Waals surface area contributed by atoms with Crippen molar-refractivity contribution in [3.05, 3.63) is 34.2 Å². The van der Waals surface area contributed by atoms with Crippen molar-refractivity contribution in [3.8, 4) is 11.8 Å². The first-order valence-corrected chi connectivity index (χ1v) is 4.61. The minimum absolute atomic E-state index is 0.127. The van der Waals surface area contributed by atoms with Gasteiger partial charge in [0.05, 0.1) is 0 Å². The van der Waals surface area contributed by atoms with Crippen molar-refractivity contribution in [1.29, 1.82) is 0 Å².